The van der Waals surface area contributed by atoms with Crippen molar-refractivity contribution < 1.29 is 62.3 Å². The van der Waals surface area contributed by atoms with Crippen LogP contribution in [0.1, 0.15) is 64.0 Å². The summed E-state index contributed by atoms with van der Waals surface area (Å²) in [4.78, 5) is 74.5. The highest BCUT2D eigenvalue weighted by atomic mass is 16.7. The number of carboxylic acids is 1. The van der Waals surface area contributed by atoms with E-state index in [1.807, 2.05) is 48.5 Å². The molecule has 2 heterocycles. The highest BCUT2D eigenvalue weighted by Gasteiger charge is 2.61. The largest absolute Gasteiger partial charge is 0.480 e. The van der Waals surface area contributed by atoms with Crippen LogP contribution in [0.15, 0.2) is 48.5 Å². The lowest BCUT2D eigenvalue weighted by atomic mass is 9.83. The smallest absolute Gasteiger partial charge is 0.407 e. The zero-order valence-corrected chi connectivity index (χ0v) is 28.0. The topological polar surface area (TPSA) is 202 Å². The van der Waals surface area contributed by atoms with Crippen LogP contribution in [-0.2, 0) is 52.4 Å². The second-order valence-corrected chi connectivity index (χ2v) is 12.4. The standard InChI is InChI=1S/C35H40N2O13/c1-18(38)36-32-31(48-21(4)41)30(47-20(3)40)28(17-45-19(2)39)50-35(32)15-9-14-27(49-35)29(33(42)43)37-34(44)46-16-26-24-12-7-5-10-22(24)23-11-6-8-13-25(23)26/h5-8,10-13,26-32H,9,14-17H2,1-4H3,(H,36,38)(H,37,44)(H,42,43)/t27-,28-,29+,30+,31+,32-,35+/m1/s1. The fourth-order valence-electron chi connectivity index (χ4n) is 7.00. The minimum atomic E-state index is -1.88. The van der Waals surface area contributed by atoms with E-state index < -0.39 is 84.8 Å². The Morgan fingerprint density at radius 2 is 1.42 bits per heavy atom. The van der Waals surface area contributed by atoms with Crippen LogP contribution in [0.2, 0.25) is 0 Å². The van der Waals surface area contributed by atoms with E-state index in [0.717, 1.165) is 43.0 Å². The second kappa shape index (κ2) is 15.3. The average molecular weight is 697 g/mol. The molecule has 2 amide bonds. The van der Waals surface area contributed by atoms with E-state index in [1.54, 1.807) is 0 Å². The molecule has 2 saturated heterocycles. The molecule has 3 N–H and O–H groups in total. The Morgan fingerprint density at radius 1 is 0.820 bits per heavy atom. The Bertz CT molecular complexity index is 1600. The number of carboxylic acid groups (broad SMARTS) is 1. The Morgan fingerprint density at radius 3 is 1.98 bits per heavy atom. The van der Waals surface area contributed by atoms with Gasteiger partial charge in [-0.15, -0.1) is 0 Å². The monoisotopic (exact) mass is 696 g/mol. The number of carbonyl (C=O) groups is 6. The molecule has 15 heteroatoms. The van der Waals surface area contributed by atoms with E-state index in [-0.39, 0.29) is 31.8 Å². The molecule has 50 heavy (non-hydrogen) atoms. The Kier molecular flexibility index (Phi) is 11.1. The minimum Gasteiger partial charge on any atom is -0.480 e. The van der Waals surface area contributed by atoms with Crippen molar-refractivity contribution in [2.45, 2.75) is 95.2 Å². The predicted molar refractivity (Wildman–Crippen MR) is 171 cm³/mol. The summed E-state index contributed by atoms with van der Waals surface area (Å²) in [6.45, 7) is 4.06. The first kappa shape index (κ1) is 36.3. The number of carbonyl (C=O) groups excluding carboxylic acids is 5. The number of alkyl carbamates (subject to hydrolysis) is 1. The molecule has 1 spiro atoms. The molecule has 2 fully saturated rings. The van der Waals surface area contributed by atoms with Gasteiger partial charge in [-0.05, 0) is 35.1 Å². The number of rotatable bonds is 10. The summed E-state index contributed by atoms with van der Waals surface area (Å²) >= 11 is 0. The highest BCUT2D eigenvalue weighted by Crippen LogP contribution is 2.45. The van der Waals surface area contributed by atoms with Gasteiger partial charge in [-0.2, -0.15) is 0 Å². The van der Waals surface area contributed by atoms with Crippen LogP contribution in [-0.4, -0.2) is 96.5 Å². The highest BCUT2D eigenvalue weighted by molar-refractivity contribution is 5.81. The van der Waals surface area contributed by atoms with Crippen molar-refractivity contribution >= 4 is 35.9 Å². The summed E-state index contributed by atoms with van der Waals surface area (Å²) in [5, 5.41) is 15.3. The minimum absolute atomic E-state index is 0.0485. The molecule has 0 saturated carbocycles. The summed E-state index contributed by atoms with van der Waals surface area (Å²) < 4.78 is 34.5. The van der Waals surface area contributed by atoms with Gasteiger partial charge in [-0.1, -0.05) is 48.5 Å². The van der Waals surface area contributed by atoms with E-state index in [0.29, 0.717) is 0 Å². The number of esters is 3. The Balaban J connectivity index is 1.39. The Hall–Kier alpha value is -5.02. The first-order valence-corrected chi connectivity index (χ1v) is 16.2. The zero-order valence-electron chi connectivity index (χ0n) is 28.0. The van der Waals surface area contributed by atoms with Gasteiger partial charge >= 0.3 is 30.0 Å². The second-order valence-electron chi connectivity index (χ2n) is 12.4. The lowest BCUT2D eigenvalue weighted by Crippen LogP contribution is -2.74. The molecule has 15 nitrogen and oxygen atoms in total. The molecule has 0 bridgehead atoms. The lowest BCUT2D eigenvalue weighted by molar-refractivity contribution is -0.362. The van der Waals surface area contributed by atoms with E-state index in [4.69, 9.17) is 28.4 Å². The van der Waals surface area contributed by atoms with Crippen molar-refractivity contribution in [1.82, 2.24) is 10.6 Å². The van der Waals surface area contributed by atoms with E-state index in [9.17, 15) is 33.9 Å². The third-order valence-electron chi connectivity index (χ3n) is 8.88. The van der Waals surface area contributed by atoms with Crippen LogP contribution in [0.3, 0.4) is 0 Å². The molecule has 0 unspecified atom stereocenters. The van der Waals surface area contributed by atoms with E-state index in [1.165, 1.54) is 6.92 Å². The van der Waals surface area contributed by atoms with Crippen molar-refractivity contribution in [3.05, 3.63) is 59.7 Å². The molecule has 5 rings (SSSR count). The lowest BCUT2D eigenvalue weighted by Gasteiger charge is -2.54. The summed E-state index contributed by atoms with van der Waals surface area (Å²) in [6.07, 6.45) is -5.83. The maximum Gasteiger partial charge on any atom is 0.407 e. The zero-order chi connectivity index (χ0) is 36.2. The molecule has 2 aromatic carbocycles. The number of hydrogen-bond donors (Lipinski definition) is 3. The number of hydrogen-bond acceptors (Lipinski definition) is 12. The van der Waals surface area contributed by atoms with Crippen LogP contribution in [0.4, 0.5) is 4.79 Å². The van der Waals surface area contributed by atoms with E-state index >= 15 is 0 Å². The summed E-state index contributed by atoms with van der Waals surface area (Å²) in [7, 11) is 0. The van der Waals surface area contributed by atoms with Crippen molar-refractivity contribution in [2.75, 3.05) is 13.2 Å². The van der Waals surface area contributed by atoms with Gasteiger partial charge in [0.05, 0.1) is 6.10 Å². The predicted octanol–water partition coefficient (Wildman–Crippen LogP) is 2.57. The molecule has 0 aromatic heterocycles. The number of benzene rings is 2. The molecular formula is C35H40N2O13. The molecular weight excluding hydrogens is 656 g/mol. The maximum absolute atomic E-state index is 13.2. The van der Waals surface area contributed by atoms with Crippen molar-refractivity contribution in [1.29, 1.82) is 0 Å². The quantitative estimate of drug-likeness (QED) is 0.242. The maximum atomic E-state index is 13.2. The average Bonchev–Trinajstić information content (AvgIpc) is 3.37. The van der Waals surface area contributed by atoms with Gasteiger partial charge in [0.15, 0.2) is 24.0 Å². The van der Waals surface area contributed by atoms with Gasteiger partial charge in [0.1, 0.15) is 25.4 Å². The SMILES string of the molecule is CC(=O)N[C@@H]1[C@@H](OC(C)=O)[C@@H](OC(C)=O)[C@@H](COC(C)=O)O[C@@]12CCC[C@H]([C@H](NC(=O)OCC1c3ccccc3-c3ccccc31)C(=O)O)O2. The molecule has 268 valence electrons. The number of ether oxygens (including phenoxy) is 6. The number of fused-ring (bicyclic) bond motifs is 3. The van der Waals surface area contributed by atoms with Gasteiger partial charge in [-0.25, -0.2) is 9.59 Å². The normalized spacial score (nSPS) is 26.0. The molecule has 1 aliphatic carbocycles. The van der Waals surface area contributed by atoms with E-state index in [2.05, 4.69) is 10.6 Å². The first-order chi connectivity index (χ1) is 23.8. The van der Waals surface area contributed by atoms with Crippen LogP contribution in [0, 0.1) is 0 Å². The summed E-state index contributed by atoms with van der Waals surface area (Å²) in [6, 6.07) is 12.6. The number of amides is 2. The third kappa shape index (κ3) is 7.89. The van der Waals surface area contributed by atoms with Crippen molar-refractivity contribution in [3.8, 4) is 11.1 Å². The van der Waals surface area contributed by atoms with Gasteiger partial charge < -0.3 is 44.2 Å². The van der Waals surface area contributed by atoms with Crippen LogP contribution >= 0.6 is 0 Å². The number of nitrogens with one attached hydrogen (secondary N) is 2. The van der Waals surface area contributed by atoms with Gasteiger partial charge in [-0.3, -0.25) is 19.2 Å². The molecule has 3 aliphatic rings. The van der Waals surface area contributed by atoms with Crippen LogP contribution < -0.4 is 10.6 Å². The molecule has 7 atom stereocenters. The van der Waals surface area contributed by atoms with Crippen molar-refractivity contribution in [2.24, 2.45) is 0 Å². The molecule has 2 aromatic rings. The summed E-state index contributed by atoms with van der Waals surface area (Å²) in [5.41, 5.74) is 4.00. The fraction of sp³-hybridized carbons (Fsp3) is 0.486. The van der Waals surface area contributed by atoms with Crippen LogP contribution in [0.25, 0.3) is 11.1 Å². The summed E-state index contributed by atoms with van der Waals surface area (Å²) in [5.74, 6) is -6.42. The number of aliphatic carboxylic acids is 1. The van der Waals surface area contributed by atoms with Crippen molar-refractivity contribution in [3.63, 3.8) is 0 Å². The third-order valence-corrected chi connectivity index (χ3v) is 8.88. The molecule has 2 aliphatic heterocycles. The first-order valence-electron chi connectivity index (χ1n) is 16.2. The molecule has 0 radical (unpaired) electrons. The van der Waals surface area contributed by atoms with Gasteiger partial charge in [0, 0.05) is 40.0 Å². The van der Waals surface area contributed by atoms with Gasteiger partial charge in [0.25, 0.3) is 0 Å². The Labute approximate surface area is 287 Å². The van der Waals surface area contributed by atoms with Gasteiger partial charge in [0.2, 0.25) is 5.91 Å². The van der Waals surface area contributed by atoms with Crippen LogP contribution in [0.5, 0.6) is 0 Å². The fourth-order valence-corrected chi connectivity index (χ4v) is 7.00.